The highest BCUT2D eigenvalue weighted by Gasteiger charge is 2.09. The molecule has 0 aliphatic rings. The van der Waals surface area contributed by atoms with Crippen LogP contribution < -0.4 is 15.4 Å². The van der Waals surface area contributed by atoms with Gasteiger partial charge < -0.3 is 15.4 Å². The van der Waals surface area contributed by atoms with Gasteiger partial charge in [0.1, 0.15) is 12.2 Å². The van der Waals surface area contributed by atoms with Crippen LogP contribution in [0.3, 0.4) is 0 Å². The predicted molar refractivity (Wildman–Crippen MR) is 103 cm³/mol. The summed E-state index contributed by atoms with van der Waals surface area (Å²) >= 11 is 11.9. The molecule has 2 amide bonds. The van der Waals surface area contributed by atoms with Gasteiger partial charge in [0.25, 0.3) is 0 Å². The molecule has 7 heteroatoms. The van der Waals surface area contributed by atoms with Crippen LogP contribution in [0.5, 0.6) is 5.75 Å². The summed E-state index contributed by atoms with van der Waals surface area (Å²) in [7, 11) is 1.59. The molecular formula is C19H20Cl2N2O3. The van der Waals surface area contributed by atoms with Crippen molar-refractivity contribution in [2.45, 2.75) is 19.4 Å². The van der Waals surface area contributed by atoms with Gasteiger partial charge in [0.2, 0.25) is 11.8 Å². The first-order valence-corrected chi connectivity index (χ1v) is 8.84. The highest BCUT2D eigenvalue weighted by Crippen LogP contribution is 2.21. The van der Waals surface area contributed by atoms with Gasteiger partial charge in [-0.3, -0.25) is 9.59 Å². The second-order valence-corrected chi connectivity index (χ2v) is 6.48. The molecule has 0 radical (unpaired) electrons. The van der Waals surface area contributed by atoms with Crippen LogP contribution >= 0.6 is 23.2 Å². The van der Waals surface area contributed by atoms with E-state index in [2.05, 4.69) is 10.6 Å². The monoisotopic (exact) mass is 394 g/mol. The normalized spacial score (nSPS) is 10.3. The fourth-order valence-electron chi connectivity index (χ4n) is 2.28. The molecule has 2 aromatic carbocycles. The molecule has 0 spiro atoms. The Labute approximate surface area is 162 Å². The van der Waals surface area contributed by atoms with Crippen molar-refractivity contribution in [3.05, 3.63) is 63.6 Å². The maximum Gasteiger partial charge on any atom is 0.229 e. The fourth-order valence-corrected chi connectivity index (χ4v) is 2.78. The van der Waals surface area contributed by atoms with Crippen molar-refractivity contribution in [3.8, 4) is 5.75 Å². The molecule has 2 rings (SSSR count). The van der Waals surface area contributed by atoms with Gasteiger partial charge in [-0.2, -0.15) is 0 Å². The highest BCUT2D eigenvalue weighted by molar-refractivity contribution is 6.35. The number of benzene rings is 2. The van der Waals surface area contributed by atoms with E-state index < -0.39 is 0 Å². The van der Waals surface area contributed by atoms with Crippen LogP contribution in [0.4, 0.5) is 0 Å². The molecule has 0 aliphatic heterocycles. The van der Waals surface area contributed by atoms with Crippen LogP contribution in [0, 0.1) is 0 Å². The third-order valence-corrected chi connectivity index (χ3v) is 4.29. The Morgan fingerprint density at radius 1 is 1.00 bits per heavy atom. The van der Waals surface area contributed by atoms with Crippen molar-refractivity contribution in [2.75, 3.05) is 13.7 Å². The number of rotatable bonds is 8. The molecule has 2 N–H and O–H groups in total. The maximum absolute atomic E-state index is 11.8. The third-order valence-electron chi connectivity index (χ3n) is 3.70. The Morgan fingerprint density at radius 2 is 1.69 bits per heavy atom. The van der Waals surface area contributed by atoms with Crippen molar-refractivity contribution in [1.29, 1.82) is 0 Å². The molecule has 0 atom stereocenters. The number of nitrogens with one attached hydrogen (secondary N) is 2. The first kappa shape index (κ1) is 20.1. The second-order valence-electron chi connectivity index (χ2n) is 5.64. The van der Waals surface area contributed by atoms with Crippen molar-refractivity contribution in [2.24, 2.45) is 0 Å². The summed E-state index contributed by atoms with van der Waals surface area (Å²) in [5.41, 5.74) is 1.82. The summed E-state index contributed by atoms with van der Waals surface area (Å²) in [6.45, 7) is 0.752. The van der Waals surface area contributed by atoms with Gasteiger partial charge in [0, 0.05) is 23.1 Å². The first-order valence-electron chi connectivity index (χ1n) is 8.08. The van der Waals surface area contributed by atoms with E-state index >= 15 is 0 Å². The molecule has 0 saturated heterocycles. The lowest BCUT2D eigenvalue weighted by Crippen LogP contribution is -2.32. The fraction of sp³-hybridized carbons (Fsp3) is 0.263. The topological polar surface area (TPSA) is 67.4 Å². The number of ether oxygens (including phenoxy) is 1. The molecule has 2 aromatic rings. The SMILES string of the molecule is COc1ccc(CNC(=O)CC(=O)NCCc2ccc(Cl)cc2Cl)cc1. The minimum absolute atomic E-state index is 0.218. The summed E-state index contributed by atoms with van der Waals surface area (Å²) in [4.78, 5) is 23.7. The number of halogens is 2. The summed E-state index contributed by atoms with van der Waals surface area (Å²) in [6, 6.07) is 12.6. The molecule has 0 aromatic heterocycles. The third kappa shape index (κ3) is 6.58. The molecule has 0 fully saturated rings. The van der Waals surface area contributed by atoms with Crippen LogP contribution in [-0.2, 0) is 22.6 Å². The molecular weight excluding hydrogens is 375 g/mol. The number of methoxy groups -OCH3 is 1. The van der Waals surface area contributed by atoms with Crippen LogP contribution in [0.15, 0.2) is 42.5 Å². The van der Waals surface area contributed by atoms with E-state index in [4.69, 9.17) is 27.9 Å². The molecule has 0 bridgehead atoms. The average molecular weight is 395 g/mol. The van der Waals surface area contributed by atoms with Gasteiger partial charge in [0.05, 0.1) is 7.11 Å². The molecule has 138 valence electrons. The Kier molecular flexibility index (Phi) is 7.75. The largest absolute Gasteiger partial charge is 0.497 e. The minimum atomic E-state index is -0.331. The van der Waals surface area contributed by atoms with E-state index in [1.54, 1.807) is 19.2 Å². The van der Waals surface area contributed by atoms with Crippen LogP contribution in [0.25, 0.3) is 0 Å². The van der Waals surface area contributed by atoms with Gasteiger partial charge in [0.15, 0.2) is 0 Å². The van der Waals surface area contributed by atoms with E-state index in [-0.39, 0.29) is 18.2 Å². The molecule has 5 nitrogen and oxygen atoms in total. The summed E-state index contributed by atoms with van der Waals surface area (Å²) in [5, 5.41) is 6.55. The standard InChI is InChI=1S/C19H20Cl2N2O3/c1-26-16-6-2-13(3-7-16)12-23-19(25)11-18(24)22-9-8-14-4-5-15(20)10-17(14)21/h2-7,10H,8-9,11-12H2,1H3,(H,22,24)(H,23,25). The number of amides is 2. The average Bonchev–Trinajstić information content (AvgIpc) is 2.62. The number of carbonyl (C=O) groups excluding carboxylic acids is 2. The Balaban J connectivity index is 1.68. The lowest BCUT2D eigenvalue weighted by molar-refractivity contribution is -0.129. The highest BCUT2D eigenvalue weighted by atomic mass is 35.5. The van der Waals surface area contributed by atoms with Crippen LogP contribution in [0.1, 0.15) is 17.5 Å². The summed E-state index contributed by atoms with van der Waals surface area (Å²) in [6.07, 6.45) is 0.347. The van der Waals surface area contributed by atoms with Crippen molar-refractivity contribution >= 4 is 35.0 Å². The van der Waals surface area contributed by atoms with Gasteiger partial charge in [-0.1, -0.05) is 41.4 Å². The minimum Gasteiger partial charge on any atom is -0.497 e. The van der Waals surface area contributed by atoms with E-state index in [0.29, 0.717) is 29.6 Å². The summed E-state index contributed by atoms with van der Waals surface area (Å²) in [5.74, 6) is 0.0883. The van der Waals surface area contributed by atoms with Gasteiger partial charge in [-0.05, 0) is 41.8 Å². The van der Waals surface area contributed by atoms with Crippen LogP contribution in [-0.4, -0.2) is 25.5 Å². The van der Waals surface area contributed by atoms with Gasteiger partial charge in [-0.15, -0.1) is 0 Å². The van der Waals surface area contributed by atoms with E-state index in [9.17, 15) is 9.59 Å². The molecule has 0 unspecified atom stereocenters. The zero-order chi connectivity index (χ0) is 18.9. The molecule has 0 aliphatic carbocycles. The quantitative estimate of drug-likeness (QED) is 0.674. The van der Waals surface area contributed by atoms with E-state index in [1.807, 2.05) is 30.3 Å². The van der Waals surface area contributed by atoms with Crippen molar-refractivity contribution < 1.29 is 14.3 Å². The Morgan fingerprint density at radius 3 is 2.35 bits per heavy atom. The number of hydrogen-bond donors (Lipinski definition) is 2. The smallest absolute Gasteiger partial charge is 0.229 e. The zero-order valence-corrected chi connectivity index (χ0v) is 15.9. The van der Waals surface area contributed by atoms with Crippen molar-refractivity contribution in [3.63, 3.8) is 0 Å². The Bertz CT molecular complexity index is 764. The summed E-state index contributed by atoms with van der Waals surface area (Å²) < 4.78 is 5.07. The lowest BCUT2D eigenvalue weighted by atomic mass is 10.1. The van der Waals surface area contributed by atoms with Gasteiger partial charge >= 0.3 is 0 Å². The second kappa shape index (κ2) is 10.0. The van der Waals surface area contributed by atoms with Gasteiger partial charge in [-0.25, -0.2) is 0 Å². The number of hydrogen-bond acceptors (Lipinski definition) is 3. The molecule has 26 heavy (non-hydrogen) atoms. The lowest BCUT2D eigenvalue weighted by Gasteiger charge is -2.08. The maximum atomic E-state index is 11.8. The Hall–Kier alpha value is -2.24. The molecule has 0 heterocycles. The zero-order valence-electron chi connectivity index (χ0n) is 14.4. The van der Waals surface area contributed by atoms with E-state index in [0.717, 1.165) is 16.9 Å². The van der Waals surface area contributed by atoms with E-state index in [1.165, 1.54) is 0 Å². The van der Waals surface area contributed by atoms with Crippen molar-refractivity contribution in [1.82, 2.24) is 10.6 Å². The first-order chi connectivity index (χ1) is 12.5. The van der Waals surface area contributed by atoms with Crippen LogP contribution in [0.2, 0.25) is 10.0 Å². The number of carbonyl (C=O) groups is 2. The molecule has 0 saturated carbocycles. The predicted octanol–water partition coefficient (Wildman–Crippen LogP) is 3.37.